The number of nitrogens with zero attached hydrogens (tertiary/aromatic N) is 1. The molecule has 0 aromatic heterocycles. The van der Waals surface area contributed by atoms with Crippen LogP contribution in [-0.2, 0) is 19.6 Å². The van der Waals surface area contributed by atoms with Crippen molar-refractivity contribution in [3.05, 3.63) is 65.2 Å². The molecule has 2 aromatic carbocycles. The highest BCUT2D eigenvalue weighted by molar-refractivity contribution is 5.73. The zero-order chi connectivity index (χ0) is 18.9. The number of hydrogen-bond acceptors (Lipinski definition) is 3. The summed E-state index contributed by atoms with van der Waals surface area (Å²) in [6.07, 6.45) is 3.99. The van der Waals surface area contributed by atoms with E-state index in [9.17, 15) is 4.79 Å². The van der Waals surface area contributed by atoms with E-state index in [1.165, 1.54) is 37.9 Å². The molecule has 0 unspecified atom stereocenters. The molecule has 0 spiro atoms. The summed E-state index contributed by atoms with van der Waals surface area (Å²) in [5, 5.41) is 5.78. The fourth-order valence-electron chi connectivity index (χ4n) is 3.31. The normalized spacial score (nSPS) is 14.6. The Bertz CT molecular complexity index is 707. The maximum absolute atomic E-state index is 12.0. The fraction of sp³-hybridized carbons (Fsp3) is 0.409. The number of carbonyl (C=O) groups is 1. The molecule has 27 heavy (non-hydrogen) atoms. The number of amides is 2. The van der Waals surface area contributed by atoms with Gasteiger partial charge in [0.1, 0.15) is 5.75 Å². The summed E-state index contributed by atoms with van der Waals surface area (Å²) in [6.45, 7) is 4.45. The minimum atomic E-state index is -0.164. The Morgan fingerprint density at radius 3 is 1.93 bits per heavy atom. The van der Waals surface area contributed by atoms with E-state index in [1.807, 2.05) is 24.3 Å². The third kappa shape index (κ3) is 6.29. The highest BCUT2D eigenvalue weighted by Gasteiger charge is 2.10. The number of piperidine rings is 1. The quantitative estimate of drug-likeness (QED) is 0.785. The minimum Gasteiger partial charge on any atom is -0.497 e. The zero-order valence-corrected chi connectivity index (χ0v) is 16.0. The molecule has 0 atom stereocenters. The van der Waals surface area contributed by atoms with Crippen molar-refractivity contribution in [2.75, 3.05) is 20.2 Å². The smallest absolute Gasteiger partial charge is 0.315 e. The number of rotatable bonds is 7. The van der Waals surface area contributed by atoms with Gasteiger partial charge in [-0.05, 0) is 54.8 Å². The van der Waals surface area contributed by atoms with Crippen LogP contribution in [0.15, 0.2) is 48.5 Å². The van der Waals surface area contributed by atoms with E-state index in [4.69, 9.17) is 4.74 Å². The average molecular weight is 367 g/mol. The average Bonchev–Trinajstić information content (AvgIpc) is 2.73. The van der Waals surface area contributed by atoms with Crippen LogP contribution < -0.4 is 15.4 Å². The lowest BCUT2D eigenvalue weighted by atomic mass is 10.1. The van der Waals surface area contributed by atoms with Crippen molar-refractivity contribution in [3.63, 3.8) is 0 Å². The fourth-order valence-corrected chi connectivity index (χ4v) is 3.31. The summed E-state index contributed by atoms with van der Waals surface area (Å²) >= 11 is 0. The molecule has 144 valence electrons. The first-order valence-corrected chi connectivity index (χ1v) is 9.68. The predicted octanol–water partition coefficient (Wildman–Crippen LogP) is 3.68. The number of nitrogens with one attached hydrogen (secondary N) is 2. The van der Waals surface area contributed by atoms with Crippen molar-refractivity contribution in [1.29, 1.82) is 0 Å². The van der Waals surface area contributed by atoms with Gasteiger partial charge < -0.3 is 15.4 Å². The van der Waals surface area contributed by atoms with E-state index in [0.717, 1.165) is 23.4 Å². The number of likely N-dealkylation sites (tertiary alicyclic amines) is 1. The number of methoxy groups -OCH3 is 1. The number of ether oxygens (including phenoxy) is 1. The van der Waals surface area contributed by atoms with Crippen LogP contribution in [0.2, 0.25) is 0 Å². The minimum absolute atomic E-state index is 0.164. The standard InChI is InChI=1S/C22H29N3O2/c1-27-21-11-9-19(10-12-21)16-24-22(26)23-15-18-5-7-20(8-6-18)17-25-13-3-2-4-14-25/h5-12H,2-4,13-17H2,1H3,(H2,23,24,26). The van der Waals surface area contributed by atoms with Crippen LogP contribution in [0.1, 0.15) is 36.0 Å². The lowest BCUT2D eigenvalue weighted by molar-refractivity contribution is 0.221. The first-order valence-electron chi connectivity index (χ1n) is 9.68. The second-order valence-corrected chi connectivity index (χ2v) is 7.04. The topological polar surface area (TPSA) is 53.6 Å². The molecule has 1 saturated heterocycles. The van der Waals surface area contributed by atoms with E-state index < -0.39 is 0 Å². The molecule has 2 amide bonds. The van der Waals surface area contributed by atoms with Gasteiger partial charge in [0.15, 0.2) is 0 Å². The van der Waals surface area contributed by atoms with Gasteiger partial charge in [-0.2, -0.15) is 0 Å². The van der Waals surface area contributed by atoms with Crippen LogP contribution in [0.25, 0.3) is 0 Å². The summed E-state index contributed by atoms with van der Waals surface area (Å²) in [4.78, 5) is 14.5. The van der Waals surface area contributed by atoms with E-state index in [1.54, 1.807) is 7.11 Å². The van der Waals surface area contributed by atoms with Gasteiger partial charge in [0, 0.05) is 19.6 Å². The van der Waals surface area contributed by atoms with Gasteiger partial charge in [0.2, 0.25) is 0 Å². The largest absolute Gasteiger partial charge is 0.497 e. The Morgan fingerprint density at radius 2 is 1.37 bits per heavy atom. The predicted molar refractivity (Wildman–Crippen MR) is 108 cm³/mol. The van der Waals surface area contributed by atoms with Crippen molar-refractivity contribution in [2.45, 2.75) is 38.9 Å². The first-order chi connectivity index (χ1) is 13.2. The van der Waals surface area contributed by atoms with Crippen molar-refractivity contribution < 1.29 is 9.53 Å². The second-order valence-electron chi connectivity index (χ2n) is 7.04. The molecular weight excluding hydrogens is 338 g/mol. The van der Waals surface area contributed by atoms with Gasteiger partial charge in [-0.15, -0.1) is 0 Å². The number of benzene rings is 2. The molecule has 2 N–H and O–H groups in total. The lowest BCUT2D eigenvalue weighted by Gasteiger charge is -2.26. The summed E-state index contributed by atoms with van der Waals surface area (Å²) < 4.78 is 5.13. The summed E-state index contributed by atoms with van der Waals surface area (Å²) in [5.41, 5.74) is 3.48. The van der Waals surface area contributed by atoms with Crippen molar-refractivity contribution in [3.8, 4) is 5.75 Å². The molecule has 5 nitrogen and oxygen atoms in total. The monoisotopic (exact) mass is 367 g/mol. The second kappa shape index (κ2) is 9.97. The highest BCUT2D eigenvalue weighted by Crippen LogP contribution is 2.14. The molecule has 0 aliphatic carbocycles. The van der Waals surface area contributed by atoms with Crippen LogP contribution >= 0.6 is 0 Å². The molecule has 0 radical (unpaired) electrons. The molecule has 1 aliphatic heterocycles. The van der Waals surface area contributed by atoms with Crippen LogP contribution in [0.5, 0.6) is 5.75 Å². The van der Waals surface area contributed by atoms with Gasteiger partial charge >= 0.3 is 6.03 Å². The Balaban J connectivity index is 1.38. The van der Waals surface area contributed by atoms with Crippen molar-refractivity contribution in [2.24, 2.45) is 0 Å². The van der Waals surface area contributed by atoms with E-state index >= 15 is 0 Å². The lowest BCUT2D eigenvalue weighted by Crippen LogP contribution is -2.34. The van der Waals surface area contributed by atoms with Crippen molar-refractivity contribution >= 4 is 6.03 Å². The van der Waals surface area contributed by atoms with Gasteiger partial charge in [0.25, 0.3) is 0 Å². The first kappa shape index (κ1) is 19.2. The molecule has 0 saturated carbocycles. The van der Waals surface area contributed by atoms with Crippen LogP contribution in [0, 0.1) is 0 Å². The Labute approximate surface area is 161 Å². The van der Waals surface area contributed by atoms with Gasteiger partial charge in [-0.3, -0.25) is 4.90 Å². The highest BCUT2D eigenvalue weighted by atomic mass is 16.5. The van der Waals surface area contributed by atoms with Gasteiger partial charge in [-0.1, -0.05) is 42.8 Å². The summed E-state index contributed by atoms with van der Waals surface area (Å²) in [6, 6.07) is 16.0. The molecule has 0 bridgehead atoms. The molecule has 5 heteroatoms. The third-order valence-corrected chi connectivity index (χ3v) is 4.94. The summed E-state index contributed by atoms with van der Waals surface area (Å²) in [7, 11) is 1.64. The van der Waals surface area contributed by atoms with Crippen molar-refractivity contribution in [1.82, 2.24) is 15.5 Å². The molecular formula is C22H29N3O2. The number of hydrogen-bond donors (Lipinski definition) is 2. The Hall–Kier alpha value is -2.53. The Morgan fingerprint density at radius 1 is 0.852 bits per heavy atom. The van der Waals surface area contributed by atoms with Gasteiger partial charge in [-0.25, -0.2) is 4.79 Å². The van der Waals surface area contributed by atoms with E-state index in [2.05, 4.69) is 39.8 Å². The van der Waals surface area contributed by atoms with E-state index in [-0.39, 0.29) is 6.03 Å². The SMILES string of the molecule is COc1ccc(CNC(=O)NCc2ccc(CN3CCCCC3)cc2)cc1. The summed E-state index contributed by atoms with van der Waals surface area (Å²) in [5.74, 6) is 0.812. The number of carbonyl (C=O) groups excluding carboxylic acids is 1. The van der Waals surface area contributed by atoms with E-state index in [0.29, 0.717) is 13.1 Å². The van der Waals surface area contributed by atoms with Crippen LogP contribution in [0.3, 0.4) is 0 Å². The third-order valence-electron chi connectivity index (χ3n) is 4.94. The maximum atomic E-state index is 12.0. The maximum Gasteiger partial charge on any atom is 0.315 e. The molecule has 1 heterocycles. The molecule has 3 rings (SSSR count). The zero-order valence-electron chi connectivity index (χ0n) is 16.0. The molecule has 2 aromatic rings. The van der Waals surface area contributed by atoms with Crippen LogP contribution in [-0.4, -0.2) is 31.1 Å². The molecule has 1 fully saturated rings. The molecule has 1 aliphatic rings. The Kier molecular flexibility index (Phi) is 7.11. The van der Waals surface area contributed by atoms with Gasteiger partial charge in [0.05, 0.1) is 7.11 Å². The van der Waals surface area contributed by atoms with Crippen LogP contribution in [0.4, 0.5) is 4.79 Å². The number of urea groups is 1.